The Kier molecular flexibility index (Phi) is 10.9. The molecule has 3 heteroatoms. The number of methoxy groups -OCH3 is 1. The lowest BCUT2D eigenvalue weighted by molar-refractivity contribution is 0.103. The molecule has 0 aliphatic heterocycles. The lowest BCUT2D eigenvalue weighted by Crippen LogP contribution is -2.34. The Morgan fingerprint density at radius 2 is 1.93 bits per heavy atom. The van der Waals surface area contributed by atoms with Crippen LogP contribution >= 0.6 is 0 Å². The van der Waals surface area contributed by atoms with Gasteiger partial charge >= 0.3 is 0 Å². The second-order valence-electron chi connectivity index (χ2n) is 3.51. The molecule has 0 aromatic heterocycles. The molecule has 0 fully saturated rings. The van der Waals surface area contributed by atoms with E-state index >= 15 is 0 Å². The molecule has 0 heterocycles. The topological polar surface area (TPSA) is 30.5 Å². The van der Waals surface area contributed by atoms with Gasteiger partial charge in [0.05, 0.1) is 6.61 Å². The van der Waals surface area contributed by atoms with Crippen LogP contribution in [0.25, 0.3) is 0 Å². The molecular weight excluding hydrogens is 178 g/mol. The van der Waals surface area contributed by atoms with Gasteiger partial charge in [-0.1, -0.05) is 13.8 Å². The first kappa shape index (κ1) is 13.9. The van der Waals surface area contributed by atoms with E-state index in [0.717, 1.165) is 45.6 Å². The molecule has 0 aliphatic carbocycles. The van der Waals surface area contributed by atoms with Gasteiger partial charge in [0.1, 0.15) is 0 Å². The zero-order valence-electron chi connectivity index (χ0n) is 9.84. The SMILES string of the molecule is CCCNC(CCOCCC)COC. The summed E-state index contributed by atoms with van der Waals surface area (Å²) in [6, 6.07) is 0.441. The van der Waals surface area contributed by atoms with Crippen molar-refractivity contribution < 1.29 is 9.47 Å². The number of hydrogen-bond acceptors (Lipinski definition) is 3. The average Bonchev–Trinajstić information content (AvgIpc) is 2.20. The fourth-order valence-electron chi connectivity index (χ4n) is 1.27. The van der Waals surface area contributed by atoms with Crippen LogP contribution in [0, 0.1) is 0 Å². The number of ether oxygens (including phenoxy) is 2. The van der Waals surface area contributed by atoms with Crippen molar-refractivity contribution in [1.82, 2.24) is 5.32 Å². The normalized spacial score (nSPS) is 13.1. The molecule has 3 nitrogen and oxygen atoms in total. The van der Waals surface area contributed by atoms with Gasteiger partial charge in [0.2, 0.25) is 0 Å². The molecule has 0 saturated heterocycles. The van der Waals surface area contributed by atoms with Crippen molar-refractivity contribution in [2.24, 2.45) is 0 Å². The number of rotatable bonds is 10. The standard InChI is InChI=1S/C11H25NO2/c1-4-7-12-11(10-13-3)6-9-14-8-5-2/h11-12H,4-10H2,1-3H3. The molecule has 0 bridgehead atoms. The van der Waals surface area contributed by atoms with Gasteiger partial charge in [0, 0.05) is 26.4 Å². The summed E-state index contributed by atoms with van der Waals surface area (Å²) in [6.07, 6.45) is 3.29. The van der Waals surface area contributed by atoms with Gasteiger partial charge in [-0.2, -0.15) is 0 Å². The minimum Gasteiger partial charge on any atom is -0.383 e. The second kappa shape index (κ2) is 11.0. The van der Waals surface area contributed by atoms with Gasteiger partial charge in [0.15, 0.2) is 0 Å². The van der Waals surface area contributed by atoms with Crippen LogP contribution in [-0.2, 0) is 9.47 Å². The zero-order valence-corrected chi connectivity index (χ0v) is 9.84. The van der Waals surface area contributed by atoms with Crippen molar-refractivity contribution in [3.63, 3.8) is 0 Å². The average molecular weight is 203 g/mol. The summed E-state index contributed by atoms with van der Waals surface area (Å²) < 4.78 is 10.6. The third-order valence-electron chi connectivity index (χ3n) is 2.01. The van der Waals surface area contributed by atoms with Crippen molar-refractivity contribution in [2.45, 2.75) is 39.2 Å². The largest absolute Gasteiger partial charge is 0.383 e. The van der Waals surface area contributed by atoms with Crippen molar-refractivity contribution in [3.05, 3.63) is 0 Å². The molecule has 0 radical (unpaired) electrons. The first-order valence-corrected chi connectivity index (χ1v) is 5.65. The summed E-state index contributed by atoms with van der Waals surface area (Å²) in [7, 11) is 1.74. The lowest BCUT2D eigenvalue weighted by atomic mass is 10.2. The molecule has 1 unspecified atom stereocenters. The predicted molar refractivity (Wildman–Crippen MR) is 59.7 cm³/mol. The summed E-state index contributed by atoms with van der Waals surface area (Å²) in [4.78, 5) is 0. The predicted octanol–water partition coefficient (Wildman–Crippen LogP) is 1.82. The van der Waals surface area contributed by atoms with Crippen molar-refractivity contribution >= 4 is 0 Å². The molecule has 1 atom stereocenters. The number of hydrogen-bond donors (Lipinski definition) is 1. The second-order valence-corrected chi connectivity index (χ2v) is 3.51. The highest BCUT2D eigenvalue weighted by atomic mass is 16.5. The van der Waals surface area contributed by atoms with Gasteiger partial charge in [-0.3, -0.25) is 0 Å². The van der Waals surface area contributed by atoms with Crippen LogP contribution in [0.1, 0.15) is 33.1 Å². The Labute approximate surface area is 88.2 Å². The van der Waals surface area contributed by atoms with Gasteiger partial charge in [0.25, 0.3) is 0 Å². The Morgan fingerprint density at radius 1 is 1.14 bits per heavy atom. The molecule has 0 aromatic rings. The van der Waals surface area contributed by atoms with E-state index in [2.05, 4.69) is 19.2 Å². The van der Waals surface area contributed by atoms with Crippen LogP contribution < -0.4 is 5.32 Å². The van der Waals surface area contributed by atoms with Gasteiger partial charge in [-0.05, 0) is 25.8 Å². The summed E-state index contributed by atoms with van der Waals surface area (Å²) in [5, 5.41) is 3.44. The minimum absolute atomic E-state index is 0.441. The van der Waals surface area contributed by atoms with Crippen LogP contribution in [0.4, 0.5) is 0 Å². The van der Waals surface area contributed by atoms with Gasteiger partial charge < -0.3 is 14.8 Å². The molecule has 0 spiro atoms. The van der Waals surface area contributed by atoms with Crippen LogP contribution in [0.2, 0.25) is 0 Å². The third kappa shape index (κ3) is 8.48. The van der Waals surface area contributed by atoms with E-state index in [9.17, 15) is 0 Å². The third-order valence-corrected chi connectivity index (χ3v) is 2.01. The van der Waals surface area contributed by atoms with Crippen LogP contribution in [0.15, 0.2) is 0 Å². The Morgan fingerprint density at radius 3 is 2.50 bits per heavy atom. The van der Waals surface area contributed by atoms with E-state index in [0.29, 0.717) is 6.04 Å². The highest BCUT2D eigenvalue weighted by molar-refractivity contribution is 4.65. The Hall–Kier alpha value is -0.120. The molecule has 86 valence electrons. The summed E-state index contributed by atoms with van der Waals surface area (Å²) in [5.74, 6) is 0. The molecule has 0 rings (SSSR count). The Balaban J connectivity index is 3.40. The van der Waals surface area contributed by atoms with Gasteiger partial charge in [-0.15, -0.1) is 0 Å². The summed E-state index contributed by atoms with van der Waals surface area (Å²) in [6.45, 7) is 7.83. The number of nitrogens with one attached hydrogen (secondary N) is 1. The molecule has 1 N–H and O–H groups in total. The highest BCUT2D eigenvalue weighted by Gasteiger charge is 2.06. The van der Waals surface area contributed by atoms with Crippen LogP contribution in [0.5, 0.6) is 0 Å². The van der Waals surface area contributed by atoms with E-state index in [-0.39, 0.29) is 0 Å². The fraction of sp³-hybridized carbons (Fsp3) is 1.00. The van der Waals surface area contributed by atoms with Crippen LogP contribution in [0.3, 0.4) is 0 Å². The van der Waals surface area contributed by atoms with Crippen molar-refractivity contribution in [1.29, 1.82) is 0 Å². The zero-order chi connectivity index (χ0) is 10.6. The van der Waals surface area contributed by atoms with E-state index in [1.54, 1.807) is 7.11 Å². The molecule has 0 saturated carbocycles. The van der Waals surface area contributed by atoms with Gasteiger partial charge in [-0.25, -0.2) is 0 Å². The highest BCUT2D eigenvalue weighted by Crippen LogP contribution is 1.95. The molecule has 14 heavy (non-hydrogen) atoms. The van der Waals surface area contributed by atoms with Crippen LogP contribution in [-0.4, -0.2) is 39.5 Å². The van der Waals surface area contributed by atoms with E-state index in [4.69, 9.17) is 9.47 Å². The first-order chi connectivity index (χ1) is 6.85. The minimum atomic E-state index is 0.441. The smallest absolute Gasteiger partial charge is 0.0616 e. The van der Waals surface area contributed by atoms with E-state index in [1.807, 2.05) is 0 Å². The lowest BCUT2D eigenvalue weighted by Gasteiger charge is -2.17. The Bertz CT molecular complexity index is 109. The maximum Gasteiger partial charge on any atom is 0.0616 e. The maximum absolute atomic E-state index is 5.44. The summed E-state index contributed by atoms with van der Waals surface area (Å²) in [5.41, 5.74) is 0. The van der Waals surface area contributed by atoms with Crippen molar-refractivity contribution in [2.75, 3.05) is 33.5 Å². The maximum atomic E-state index is 5.44. The fourth-order valence-corrected chi connectivity index (χ4v) is 1.27. The summed E-state index contributed by atoms with van der Waals surface area (Å²) >= 11 is 0. The van der Waals surface area contributed by atoms with E-state index in [1.165, 1.54) is 0 Å². The molecule has 0 aliphatic rings. The molecule has 0 aromatic carbocycles. The van der Waals surface area contributed by atoms with Crippen molar-refractivity contribution in [3.8, 4) is 0 Å². The quantitative estimate of drug-likeness (QED) is 0.549. The molecular formula is C11H25NO2. The molecule has 0 amide bonds. The van der Waals surface area contributed by atoms with E-state index < -0.39 is 0 Å². The first-order valence-electron chi connectivity index (χ1n) is 5.65. The monoisotopic (exact) mass is 203 g/mol.